The second kappa shape index (κ2) is 4.88. The van der Waals surface area contributed by atoms with Crippen molar-refractivity contribution in [2.24, 2.45) is 0 Å². The number of aryl methyl sites for hydroxylation is 1. The van der Waals surface area contributed by atoms with E-state index in [2.05, 4.69) is 0 Å². The molecular weight excluding hydrogens is 222 g/mol. The molecule has 1 fully saturated rings. The quantitative estimate of drug-likeness (QED) is 0.688. The average molecular weight is 238 g/mol. The van der Waals surface area contributed by atoms with Gasteiger partial charge in [-0.3, -0.25) is 4.79 Å². The Kier molecular flexibility index (Phi) is 3.49. The molecule has 0 spiro atoms. The molecule has 3 heteroatoms. The second-order valence-electron chi connectivity index (χ2n) is 4.36. The molecule has 1 unspecified atom stereocenters. The minimum atomic E-state index is 0.102. The number of carbonyl (C=O) groups is 1. The molecule has 1 saturated heterocycles. The van der Waals surface area contributed by atoms with Crippen LogP contribution in [0.1, 0.15) is 28.8 Å². The van der Waals surface area contributed by atoms with Gasteiger partial charge in [0.15, 0.2) is 0 Å². The molecule has 1 aliphatic rings. The molecule has 0 radical (unpaired) electrons. The third kappa shape index (κ3) is 2.56. The third-order valence-corrected chi connectivity index (χ3v) is 3.31. The first-order valence-corrected chi connectivity index (χ1v) is 6.10. The molecule has 86 valence electrons. The highest BCUT2D eigenvalue weighted by atomic mass is 35.5. The zero-order valence-corrected chi connectivity index (χ0v) is 10.2. The van der Waals surface area contributed by atoms with E-state index < -0.39 is 0 Å². The van der Waals surface area contributed by atoms with Crippen molar-refractivity contribution in [3.63, 3.8) is 0 Å². The highest BCUT2D eigenvalue weighted by Gasteiger charge is 2.22. The van der Waals surface area contributed by atoms with Gasteiger partial charge in [-0.15, -0.1) is 11.6 Å². The Morgan fingerprint density at radius 3 is 2.69 bits per heavy atom. The Balaban J connectivity index is 2.09. The molecule has 2 rings (SSSR count). The van der Waals surface area contributed by atoms with Gasteiger partial charge in [0, 0.05) is 18.7 Å². The molecule has 1 aromatic rings. The fraction of sp³-hybridized carbons (Fsp3) is 0.462. The number of alkyl halides is 1. The largest absolute Gasteiger partial charge is 0.337 e. The van der Waals surface area contributed by atoms with Crippen LogP contribution < -0.4 is 0 Å². The number of piperidine rings is 1. The lowest BCUT2D eigenvalue weighted by atomic mass is 10.1. The van der Waals surface area contributed by atoms with Crippen molar-refractivity contribution in [3.05, 3.63) is 35.4 Å². The Labute approximate surface area is 101 Å². The summed E-state index contributed by atoms with van der Waals surface area (Å²) in [4.78, 5) is 14.0. The van der Waals surface area contributed by atoms with E-state index in [0.717, 1.165) is 24.9 Å². The molecule has 1 amide bonds. The molecule has 0 saturated carbocycles. The van der Waals surface area contributed by atoms with Crippen LogP contribution in [0.25, 0.3) is 0 Å². The van der Waals surface area contributed by atoms with E-state index in [9.17, 15) is 4.79 Å². The normalized spacial score (nSPS) is 20.9. The van der Waals surface area contributed by atoms with Crippen LogP contribution in [0.5, 0.6) is 0 Å². The summed E-state index contributed by atoms with van der Waals surface area (Å²) in [6.07, 6.45) is 2.02. The predicted octanol–water partition coefficient (Wildman–Crippen LogP) is 2.84. The lowest BCUT2D eigenvalue weighted by molar-refractivity contribution is 0.0727. The Hall–Kier alpha value is -1.02. The number of amides is 1. The number of nitrogens with zero attached hydrogens (tertiary/aromatic N) is 1. The summed E-state index contributed by atoms with van der Waals surface area (Å²) in [6, 6.07) is 7.70. The minimum Gasteiger partial charge on any atom is -0.337 e. The summed E-state index contributed by atoms with van der Waals surface area (Å²) in [7, 11) is 0. The molecule has 0 bridgehead atoms. The number of likely N-dealkylation sites (tertiary alicyclic amines) is 1. The van der Waals surface area contributed by atoms with Crippen LogP contribution in [-0.4, -0.2) is 29.3 Å². The van der Waals surface area contributed by atoms with Crippen molar-refractivity contribution in [2.45, 2.75) is 25.1 Å². The smallest absolute Gasteiger partial charge is 0.253 e. The first-order chi connectivity index (χ1) is 7.66. The van der Waals surface area contributed by atoms with Crippen molar-refractivity contribution in [3.8, 4) is 0 Å². The molecule has 1 heterocycles. The zero-order chi connectivity index (χ0) is 11.5. The summed E-state index contributed by atoms with van der Waals surface area (Å²) in [6.45, 7) is 3.52. The van der Waals surface area contributed by atoms with Gasteiger partial charge in [0.05, 0.1) is 5.38 Å². The van der Waals surface area contributed by atoms with E-state index in [0.29, 0.717) is 6.54 Å². The summed E-state index contributed by atoms with van der Waals surface area (Å²) in [5, 5.41) is 0.114. The number of benzene rings is 1. The molecule has 1 atom stereocenters. The molecule has 1 aliphatic heterocycles. The first-order valence-electron chi connectivity index (χ1n) is 5.67. The summed E-state index contributed by atoms with van der Waals surface area (Å²) < 4.78 is 0. The van der Waals surface area contributed by atoms with Gasteiger partial charge >= 0.3 is 0 Å². The molecule has 16 heavy (non-hydrogen) atoms. The number of halogens is 1. The van der Waals surface area contributed by atoms with Crippen LogP contribution >= 0.6 is 11.6 Å². The van der Waals surface area contributed by atoms with E-state index >= 15 is 0 Å². The number of carbonyl (C=O) groups excluding carboxylic acids is 1. The standard InChI is InChI=1S/C13H16ClNO/c1-10-4-6-11(7-5-10)13(16)15-8-2-3-12(14)9-15/h4-7,12H,2-3,8-9H2,1H3. The van der Waals surface area contributed by atoms with Crippen molar-refractivity contribution in [2.75, 3.05) is 13.1 Å². The number of hydrogen-bond acceptors (Lipinski definition) is 1. The maximum absolute atomic E-state index is 12.1. The number of rotatable bonds is 1. The molecule has 0 aromatic heterocycles. The molecule has 0 aliphatic carbocycles. The van der Waals surface area contributed by atoms with E-state index in [1.165, 1.54) is 5.56 Å². The van der Waals surface area contributed by atoms with Crippen molar-refractivity contribution < 1.29 is 4.79 Å². The lowest BCUT2D eigenvalue weighted by Crippen LogP contribution is -2.40. The first kappa shape index (κ1) is 11.5. The highest BCUT2D eigenvalue weighted by Crippen LogP contribution is 2.17. The molecule has 2 nitrogen and oxygen atoms in total. The molecule has 0 N–H and O–H groups in total. The van der Waals surface area contributed by atoms with E-state index in [4.69, 9.17) is 11.6 Å². The Morgan fingerprint density at radius 1 is 1.38 bits per heavy atom. The van der Waals surface area contributed by atoms with Gasteiger partial charge in [0.25, 0.3) is 5.91 Å². The Morgan fingerprint density at radius 2 is 2.06 bits per heavy atom. The van der Waals surface area contributed by atoms with Gasteiger partial charge in [0.2, 0.25) is 0 Å². The fourth-order valence-corrected chi connectivity index (χ4v) is 2.31. The summed E-state index contributed by atoms with van der Waals surface area (Å²) >= 11 is 6.07. The van der Waals surface area contributed by atoms with Gasteiger partial charge in [-0.2, -0.15) is 0 Å². The van der Waals surface area contributed by atoms with Crippen LogP contribution in [0, 0.1) is 6.92 Å². The van der Waals surface area contributed by atoms with Crippen molar-refractivity contribution >= 4 is 17.5 Å². The van der Waals surface area contributed by atoms with Crippen LogP contribution in [0.2, 0.25) is 0 Å². The van der Waals surface area contributed by atoms with Gasteiger partial charge in [-0.05, 0) is 31.9 Å². The maximum Gasteiger partial charge on any atom is 0.253 e. The minimum absolute atomic E-state index is 0.102. The predicted molar refractivity (Wildman–Crippen MR) is 66.0 cm³/mol. The topological polar surface area (TPSA) is 20.3 Å². The van der Waals surface area contributed by atoms with Crippen LogP contribution in [0.15, 0.2) is 24.3 Å². The SMILES string of the molecule is Cc1ccc(C(=O)N2CCCC(Cl)C2)cc1. The van der Waals surface area contributed by atoms with Gasteiger partial charge in [0.1, 0.15) is 0 Å². The van der Waals surface area contributed by atoms with Gasteiger partial charge < -0.3 is 4.90 Å². The van der Waals surface area contributed by atoms with Crippen molar-refractivity contribution in [1.82, 2.24) is 4.90 Å². The van der Waals surface area contributed by atoms with Crippen molar-refractivity contribution in [1.29, 1.82) is 0 Å². The van der Waals surface area contributed by atoms with E-state index in [-0.39, 0.29) is 11.3 Å². The molecular formula is C13H16ClNO. The fourth-order valence-electron chi connectivity index (χ4n) is 1.99. The molecule has 1 aromatic carbocycles. The average Bonchev–Trinajstić information content (AvgIpc) is 2.29. The van der Waals surface area contributed by atoms with Gasteiger partial charge in [-0.25, -0.2) is 0 Å². The number of hydrogen-bond donors (Lipinski definition) is 0. The highest BCUT2D eigenvalue weighted by molar-refractivity contribution is 6.21. The second-order valence-corrected chi connectivity index (χ2v) is 4.97. The monoisotopic (exact) mass is 237 g/mol. The maximum atomic E-state index is 12.1. The van der Waals surface area contributed by atoms with Crippen LogP contribution in [0.4, 0.5) is 0 Å². The zero-order valence-electron chi connectivity index (χ0n) is 9.45. The van der Waals surface area contributed by atoms with Crippen LogP contribution in [0.3, 0.4) is 0 Å². The third-order valence-electron chi connectivity index (χ3n) is 2.95. The van der Waals surface area contributed by atoms with E-state index in [1.807, 2.05) is 36.1 Å². The summed E-state index contributed by atoms with van der Waals surface area (Å²) in [5.41, 5.74) is 1.93. The van der Waals surface area contributed by atoms with E-state index in [1.54, 1.807) is 0 Å². The van der Waals surface area contributed by atoms with Gasteiger partial charge in [-0.1, -0.05) is 17.7 Å². The van der Waals surface area contributed by atoms with Crippen LogP contribution in [-0.2, 0) is 0 Å². The lowest BCUT2D eigenvalue weighted by Gasteiger charge is -2.29. The summed E-state index contributed by atoms with van der Waals surface area (Å²) in [5.74, 6) is 0.102. The Bertz CT molecular complexity index is 374.